The predicted octanol–water partition coefficient (Wildman–Crippen LogP) is 6.00. The Morgan fingerprint density at radius 3 is 2.50 bits per heavy atom. The number of carbonyl (C=O) groups is 1. The van der Waals surface area contributed by atoms with Crippen molar-refractivity contribution in [1.29, 1.82) is 0 Å². The summed E-state index contributed by atoms with van der Waals surface area (Å²) in [7, 11) is 1.52. The van der Waals surface area contributed by atoms with Crippen molar-refractivity contribution in [2.45, 2.75) is 33.4 Å². The van der Waals surface area contributed by atoms with Gasteiger partial charge in [0.15, 0.2) is 16.3 Å². The minimum absolute atomic E-state index is 0.203. The Labute approximate surface area is 256 Å². The molecule has 1 aromatic heterocycles. The number of thiazole rings is 1. The number of benzene rings is 3. The number of hydrogen-bond donors (Lipinski definition) is 0. The van der Waals surface area contributed by atoms with Gasteiger partial charge in [-0.25, -0.2) is 9.79 Å². The average molecular weight is 624 g/mol. The first-order chi connectivity index (χ1) is 20.2. The molecule has 0 spiro atoms. The van der Waals surface area contributed by atoms with E-state index >= 15 is 0 Å². The maximum absolute atomic E-state index is 13.9. The second kappa shape index (κ2) is 12.6. The predicted molar refractivity (Wildman–Crippen MR) is 165 cm³/mol. The van der Waals surface area contributed by atoms with Crippen molar-refractivity contribution in [3.63, 3.8) is 0 Å². The molecule has 0 aliphatic carbocycles. The molecule has 2 heterocycles. The number of aryl methyl sites for hydroxylation is 1. The van der Waals surface area contributed by atoms with Gasteiger partial charge >= 0.3 is 5.97 Å². The van der Waals surface area contributed by atoms with E-state index in [2.05, 4.69) is 4.99 Å². The molecule has 0 fully saturated rings. The van der Waals surface area contributed by atoms with Crippen LogP contribution in [0.3, 0.4) is 0 Å². The van der Waals surface area contributed by atoms with E-state index in [1.807, 2.05) is 49.4 Å². The van der Waals surface area contributed by atoms with E-state index in [0.717, 1.165) is 16.7 Å². The molecule has 0 bridgehead atoms. The lowest BCUT2D eigenvalue weighted by molar-refractivity contribution is -0.139. The fraction of sp³-hybridized carbons (Fsp3) is 0.219. The fourth-order valence-corrected chi connectivity index (χ4v) is 6.25. The molecule has 1 aliphatic heterocycles. The monoisotopic (exact) mass is 622 g/mol. The van der Waals surface area contributed by atoms with Gasteiger partial charge in [0.25, 0.3) is 5.56 Å². The number of methoxy groups -OCH3 is 1. The van der Waals surface area contributed by atoms with Crippen LogP contribution in [0.2, 0.25) is 10.0 Å². The van der Waals surface area contributed by atoms with Crippen LogP contribution in [-0.2, 0) is 16.1 Å². The van der Waals surface area contributed by atoms with Gasteiger partial charge < -0.3 is 14.2 Å². The van der Waals surface area contributed by atoms with Crippen LogP contribution in [0.15, 0.2) is 81.7 Å². The van der Waals surface area contributed by atoms with Crippen molar-refractivity contribution in [3.05, 3.63) is 124 Å². The number of ether oxygens (including phenoxy) is 3. The van der Waals surface area contributed by atoms with Crippen LogP contribution < -0.4 is 24.4 Å². The van der Waals surface area contributed by atoms with Gasteiger partial charge in [-0.15, -0.1) is 0 Å². The molecule has 3 aromatic carbocycles. The molecule has 1 aliphatic rings. The summed E-state index contributed by atoms with van der Waals surface area (Å²) in [6.07, 6.45) is 1.73. The van der Waals surface area contributed by atoms with Crippen LogP contribution in [0.1, 0.15) is 42.1 Å². The van der Waals surface area contributed by atoms with Crippen LogP contribution in [0, 0.1) is 6.92 Å². The first kappa shape index (κ1) is 29.6. The van der Waals surface area contributed by atoms with E-state index in [0.29, 0.717) is 47.7 Å². The smallest absolute Gasteiger partial charge is 0.338 e. The SMILES string of the molecule is CCOC(=O)C1=C(C)N=c2s/c(=C/c3cc(Cl)c(OCc4ccccc4Cl)c(OC)c3)c(=O)n2[C@@H]1c1ccc(C)cc1. The molecule has 7 nitrogen and oxygen atoms in total. The van der Waals surface area contributed by atoms with E-state index < -0.39 is 12.0 Å². The molecule has 0 saturated heterocycles. The molecule has 0 saturated carbocycles. The fourth-order valence-electron chi connectivity index (χ4n) is 4.74. The molecule has 0 radical (unpaired) electrons. The average Bonchev–Trinajstić information content (AvgIpc) is 3.26. The summed E-state index contributed by atoms with van der Waals surface area (Å²) in [5.74, 6) is 0.279. The van der Waals surface area contributed by atoms with Crippen molar-refractivity contribution in [3.8, 4) is 11.5 Å². The topological polar surface area (TPSA) is 79.1 Å². The Balaban J connectivity index is 1.58. The number of carbonyl (C=O) groups excluding carboxylic acids is 1. The molecular formula is C32H28Cl2N2O5S. The summed E-state index contributed by atoms with van der Waals surface area (Å²) < 4.78 is 18.9. The number of aromatic nitrogens is 1. The number of fused-ring (bicyclic) bond motifs is 1. The van der Waals surface area contributed by atoms with Gasteiger partial charge in [0.05, 0.1) is 40.6 Å². The van der Waals surface area contributed by atoms with E-state index in [-0.39, 0.29) is 18.8 Å². The zero-order valence-corrected chi connectivity index (χ0v) is 25.8. The van der Waals surface area contributed by atoms with Crippen LogP contribution in [-0.4, -0.2) is 24.3 Å². The number of hydrogen-bond acceptors (Lipinski definition) is 7. The molecule has 0 unspecified atom stereocenters. The molecule has 10 heteroatoms. The Kier molecular flexibility index (Phi) is 8.87. The number of rotatable bonds is 8. The molecule has 1 atom stereocenters. The lowest BCUT2D eigenvalue weighted by atomic mass is 9.95. The normalized spacial score (nSPS) is 14.8. The van der Waals surface area contributed by atoms with E-state index in [4.69, 9.17) is 37.4 Å². The molecule has 4 aromatic rings. The summed E-state index contributed by atoms with van der Waals surface area (Å²) >= 11 is 14.1. The largest absolute Gasteiger partial charge is 0.493 e. The minimum Gasteiger partial charge on any atom is -0.493 e. The number of esters is 1. The Morgan fingerprint density at radius 1 is 1.07 bits per heavy atom. The van der Waals surface area contributed by atoms with Gasteiger partial charge in [0, 0.05) is 10.6 Å². The van der Waals surface area contributed by atoms with Crippen LogP contribution in [0.5, 0.6) is 11.5 Å². The van der Waals surface area contributed by atoms with E-state index in [9.17, 15) is 9.59 Å². The number of halogens is 2. The first-order valence-electron chi connectivity index (χ1n) is 13.2. The lowest BCUT2D eigenvalue weighted by Gasteiger charge is -2.24. The van der Waals surface area contributed by atoms with Gasteiger partial charge in [-0.1, -0.05) is 82.6 Å². The van der Waals surface area contributed by atoms with E-state index in [1.165, 1.54) is 18.4 Å². The van der Waals surface area contributed by atoms with Crippen LogP contribution >= 0.6 is 34.5 Å². The van der Waals surface area contributed by atoms with Gasteiger partial charge in [-0.3, -0.25) is 9.36 Å². The van der Waals surface area contributed by atoms with Gasteiger partial charge in [0.1, 0.15) is 6.61 Å². The second-order valence-electron chi connectivity index (χ2n) is 9.63. The standard InChI is InChI=1S/C32H28Cl2N2O5S/c1-5-40-31(38)27-19(3)35-32-36(28(27)21-12-10-18(2)11-13-21)30(37)26(42-32)16-20-14-24(34)29(25(15-20)39-4)41-17-22-8-6-7-9-23(22)33/h6-16,28H,5,17H2,1-4H3/b26-16+/t28-/m1/s1. The maximum Gasteiger partial charge on any atom is 0.338 e. The van der Waals surface area contributed by atoms with Crippen molar-refractivity contribution in [2.24, 2.45) is 4.99 Å². The third-order valence-corrected chi connectivity index (χ3v) is 8.42. The summed E-state index contributed by atoms with van der Waals surface area (Å²) in [5.41, 5.74) is 3.86. The third kappa shape index (κ3) is 5.88. The van der Waals surface area contributed by atoms with Crippen LogP contribution in [0.4, 0.5) is 0 Å². The maximum atomic E-state index is 13.9. The van der Waals surface area contributed by atoms with Crippen molar-refractivity contribution >= 4 is 46.6 Å². The first-order valence-corrected chi connectivity index (χ1v) is 14.8. The van der Waals surface area contributed by atoms with Gasteiger partial charge in [-0.2, -0.15) is 0 Å². The molecular weight excluding hydrogens is 595 g/mol. The second-order valence-corrected chi connectivity index (χ2v) is 11.5. The summed E-state index contributed by atoms with van der Waals surface area (Å²) in [6.45, 7) is 5.90. The summed E-state index contributed by atoms with van der Waals surface area (Å²) in [6, 6.07) is 17.9. The van der Waals surface area contributed by atoms with Crippen LogP contribution in [0.25, 0.3) is 6.08 Å². The van der Waals surface area contributed by atoms with Crippen molar-refractivity contribution in [1.82, 2.24) is 4.57 Å². The summed E-state index contributed by atoms with van der Waals surface area (Å²) in [4.78, 5) is 32.1. The molecule has 0 amide bonds. The molecule has 0 N–H and O–H groups in total. The highest BCUT2D eigenvalue weighted by Gasteiger charge is 2.33. The Bertz CT molecular complexity index is 1880. The zero-order chi connectivity index (χ0) is 30.0. The molecule has 42 heavy (non-hydrogen) atoms. The summed E-state index contributed by atoms with van der Waals surface area (Å²) in [5, 5.41) is 0.906. The minimum atomic E-state index is -0.679. The lowest BCUT2D eigenvalue weighted by Crippen LogP contribution is -2.39. The number of nitrogens with zero attached hydrogens (tertiary/aromatic N) is 2. The highest BCUT2D eigenvalue weighted by molar-refractivity contribution is 7.07. The highest BCUT2D eigenvalue weighted by Crippen LogP contribution is 2.37. The Morgan fingerprint density at radius 2 is 1.81 bits per heavy atom. The zero-order valence-electron chi connectivity index (χ0n) is 23.4. The van der Waals surface area contributed by atoms with Crippen molar-refractivity contribution in [2.75, 3.05) is 13.7 Å². The molecule has 216 valence electrons. The quantitative estimate of drug-likeness (QED) is 0.225. The third-order valence-electron chi connectivity index (χ3n) is 6.79. The highest BCUT2D eigenvalue weighted by atomic mass is 35.5. The molecule has 5 rings (SSSR count). The van der Waals surface area contributed by atoms with Gasteiger partial charge in [-0.05, 0) is 56.2 Å². The Hall–Kier alpha value is -3.85. The van der Waals surface area contributed by atoms with E-state index in [1.54, 1.807) is 42.7 Å². The van der Waals surface area contributed by atoms with Crippen molar-refractivity contribution < 1.29 is 19.0 Å². The van der Waals surface area contributed by atoms with Gasteiger partial charge in [0.2, 0.25) is 0 Å². The number of allylic oxidation sites excluding steroid dienone is 1.